The Labute approximate surface area is 310 Å². The summed E-state index contributed by atoms with van der Waals surface area (Å²) in [5, 5.41) is 24.4. The summed E-state index contributed by atoms with van der Waals surface area (Å²) in [7, 11) is -0.808. The Kier molecular flexibility index (Phi) is 42.8. The number of aliphatic hydroxyl groups excluding tert-OH is 2. The van der Waals surface area contributed by atoms with Gasteiger partial charge in [-0.1, -0.05) is 11.8 Å². The molecule has 0 aromatic rings. The fraction of sp³-hybridized carbons (Fsp3) is 0.909. The summed E-state index contributed by atoms with van der Waals surface area (Å²) in [6.45, 7) is 1.36. The molecule has 43 heavy (non-hydrogen) atoms. The van der Waals surface area contributed by atoms with Gasteiger partial charge in [-0.25, -0.2) is 9.78 Å². The fourth-order valence-corrected chi connectivity index (χ4v) is 16.0. The van der Waals surface area contributed by atoms with Crippen LogP contribution in [-0.4, -0.2) is 138 Å². The maximum absolute atomic E-state index is 12.1. The third kappa shape index (κ3) is 39.6. The van der Waals surface area contributed by atoms with E-state index in [4.69, 9.17) is 24.7 Å². The molecular formula is C22H42O8S13. The van der Waals surface area contributed by atoms with Gasteiger partial charge >= 0.3 is 5.97 Å². The summed E-state index contributed by atoms with van der Waals surface area (Å²) in [5.74, 6) is 4.59. The molecule has 0 fully saturated rings. The van der Waals surface area contributed by atoms with Crippen LogP contribution in [0.15, 0.2) is 0 Å². The smallest absolute Gasteiger partial charge is 0.315 e. The molecule has 1 atom stereocenters. The lowest BCUT2D eigenvalue weighted by Gasteiger charge is -2.05. The summed E-state index contributed by atoms with van der Waals surface area (Å²) in [6, 6.07) is 0. The summed E-state index contributed by atoms with van der Waals surface area (Å²) >= 11 is 19.7. The van der Waals surface area contributed by atoms with Crippen LogP contribution in [0.3, 0.4) is 0 Å². The minimum Gasteiger partial charge on any atom is -0.464 e. The Morgan fingerprint density at radius 3 is 1.74 bits per heavy atom. The lowest BCUT2D eigenvalue weighted by molar-refractivity contribution is -0.285. The zero-order valence-electron chi connectivity index (χ0n) is 23.8. The van der Waals surface area contributed by atoms with Gasteiger partial charge in [0.25, 0.3) is 0 Å². The third-order valence-electron chi connectivity index (χ3n) is 3.79. The van der Waals surface area contributed by atoms with Crippen LogP contribution < -0.4 is 0 Å². The van der Waals surface area contributed by atoms with Crippen molar-refractivity contribution in [1.82, 2.24) is 0 Å². The number of hydrogen-bond donors (Lipinski definition) is 2. The lowest BCUT2D eigenvalue weighted by Crippen LogP contribution is -2.10. The van der Waals surface area contributed by atoms with Gasteiger partial charge in [-0.2, -0.15) is 11.8 Å². The molecule has 2 N–H and O–H groups in total. The number of aliphatic hydroxyl groups is 2. The molecule has 0 aliphatic heterocycles. The second kappa shape index (κ2) is 39.8. The van der Waals surface area contributed by atoms with Crippen LogP contribution in [0.2, 0.25) is 0 Å². The van der Waals surface area contributed by atoms with Gasteiger partial charge in [0.2, 0.25) is 0 Å². The predicted octanol–water partition coefficient (Wildman–Crippen LogP) is 6.11. The Bertz CT molecular complexity index is 658. The molecule has 0 radical (unpaired) electrons. The summed E-state index contributed by atoms with van der Waals surface area (Å²) in [4.78, 5) is 33.6. The molecule has 0 amide bonds. The van der Waals surface area contributed by atoms with E-state index in [2.05, 4.69) is 0 Å². The SMILES string of the molecule is O=C(CSCSCSCCS(=O)CSCSCSCSC(=O)CSCSCSCCOOCCSCO)OCCSCO. The average Bonchev–Trinajstić information content (AvgIpc) is 3.00. The second-order valence-corrected chi connectivity index (χ2v) is 23.9. The molecule has 0 spiro atoms. The molecule has 0 saturated carbocycles. The molecule has 0 aliphatic carbocycles. The predicted molar refractivity (Wildman–Crippen MR) is 214 cm³/mol. The van der Waals surface area contributed by atoms with E-state index in [0.29, 0.717) is 47.9 Å². The van der Waals surface area contributed by atoms with Gasteiger partial charge < -0.3 is 14.9 Å². The molecular weight excluding hydrogens is 809 g/mol. The van der Waals surface area contributed by atoms with E-state index in [9.17, 15) is 13.8 Å². The number of ether oxygens (including phenoxy) is 1. The van der Waals surface area contributed by atoms with Gasteiger partial charge in [-0.3, -0.25) is 13.8 Å². The molecule has 0 bridgehead atoms. The van der Waals surface area contributed by atoms with Crippen LogP contribution in [-0.2, 0) is 34.9 Å². The van der Waals surface area contributed by atoms with Crippen LogP contribution in [0.1, 0.15) is 0 Å². The third-order valence-corrected chi connectivity index (χ3v) is 19.3. The van der Waals surface area contributed by atoms with E-state index in [0.717, 1.165) is 52.9 Å². The topological polar surface area (TPSA) is 119 Å². The highest BCUT2D eigenvalue weighted by Crippen LogP contribution is 2.24. The van der Waals surface area contributed by atoms with Gasteiger partial charge in [0, 0.05) is 75.2 Å². The van der Waals surface area contributed by atoms with Crippen molar-refractivity contribution in [3.63, 3.8) is 0 Å². The minimum atomic E-state index is -0.808. The van der Waals surface area contributed by atoms with E-state index in [1.165, 1.54) is 35.3 Å². The Morgan fingerprint density at radius 1 is 0.558 bits per heavy atom. The highest BCUT2D eigenvalue weighted by molar-refractivity contribution is 8.30. The van der Waals surface area contributed by atoms with Gasteiger partial charge in [0.1, 0.15) is 6.61 Å². The van der Waals surface area contributed by atoms with E-state index < -0.39 is 10.8 Å². The first-order chi connectivity index (χ1) is 21.1. The molecule has 256 valence electrons. The number of esters is 1. The maximum atomic E-state index is 12.1. The van der Waals surface area contributed by atoms with Crippen molar-refractivity contribution >= 4 is 163 Å². The number of hydrogen-bond acceptors (Lipinski definition) is 20. The number of carbonyl (C=O) groups is 2. The number of carbonyl (C=O) groups excluding carboxylic acids is 2. The molecule has 0 aromatic heterocycles. The summed E-state index contributed by atoms with van der Waals surface area (Å²) in [5.41, 5.74) is 0. The molecule has 21 heteroatoms. The molecule has 0 heterocycles. The van der Waals surface area contributed by atoms with Crippen molar-refractivity contribution in [2.45, 2.75) is 0 Å². The van der Waals surface area contributed by atoms with Crippen LogP contribution in [0, 0.1) is 0 Å². The average molecular weight is 851 g/mol. The van der Waals surface area contributed by atoms with Crippen molar-refractivity contribution in [1.29, 1.82) is 0 Å². The Balaban J connectivity index is 3.30. The molecule has 1 unspecified atom stereocenters. The van der Waals surface area contributed by atoms with Crippen LogP contribution in [0.25, 0.3) is 0 Å². The highest BCUT2D eigenvalue weighted by Gasteiger charge is 2.05. The van der Waals surface area contributed by atoms with Crippen molar-refractivity contribution in [3.8, 4) is 0 Å². The molecule has 0 saturated heterocycles. The lowest BCUT2D eigenvalue weighted by atomic mass is 10.8. The van der Waals surface area contributed by atoms with Gasteiger partial charge in [0.05, 0.1) is 41.7 Å². The first kappa shape index (κ1) is 46.3. The first-order valence-corrected chi connectivity index (χ1v) is 27.7. The maximum Gasteiger partial charge on any atom is 0.315 e. The monoisotopic (exact) mass is 850 g/mol. The Morgan fingerprint density at radius 2 is 1.07 bits per heavy atom. The van der Waals surface area contributed by atoms with Gasteiger partial charge in [-0.15, -0.1) is 118 Å². The molecule has 0 aromatic carbocycles. The summed E-state index contributed by atoms with van der Waals surface area (Å²) < 4.78 is 17.2. The van der Waals surface area contributed by atoms with Crippen LogP contribution in [0.5, 0.6) is 0 Å². The highest BCUT2D eigenvalue weighted by atomic mass is 32.3. The molecule has 0 rings (SSSR count). The van der Waals surface area contributed by atoms with E-state index in [-0.39, 0.29) is 23.0 Å². The minimum absolute atomic E-state index is 0.0431. The first-order valence-electron chi connectivity index (χ1n) is 12.6. The zero-order valence-corrected chi connectivity index (χ0v) is 34.4. The van der Waals surface area contributed by atoms with Crippen molar-refractivity contribution in [2.24, 2.45) is 0 Å². The van der Waals surface area contributed by atoms with Gasteiger partial charge in [0.15, 0.2) is 5.12 Å². The Hall–Kier alpha value is 3.33. The van der Waals surface area contributed by atoms with E-state index in [1.54, 1.807) is 82.3 Å². The van der Waals surface area contributed by atoms with Crippen LogP contribution >= 0.6 is 141 Å². The molecule has 8 nitrogen and oxygen atoms in total. The normalized spacial score (nSPS) is 12.0. The standard InChI is InChI=1S/C22H42O8S13/c23-11-31-4-1-28-21(25)9-35-15-38-14-34-7-8-43(27)20-41-18-39-17-40-19-42-22(26)10-36-16-37-13-33-6-3-30-29-2-5-32-12-24/h23-24H,1-20H2. The molecule has 0 aliphatic rings. The fourth-order valence-electron chi connectivity index (χ4n) is 2.03. The van der Waals surface area contributed by atoms with E-state index >= 15 is 0 Å². The van der Waals surface area contributed by atoms with Gasteiger partial charge in [-0.05, 0) is 0 Å². The quantitative estimate of drug-likeness (QED) is 0.0251. The van der Waals surface area contributed by atoms with Crippen LogP contribution in [0.4, 0.5) is 0 Å². The second-order valence-electron chi connectivity index (χ2n) is 7.08. The van der Waals surface area contributed by atoms with Crippen molar-refractivity contribution < 1.29 is 38.5 Å². The summed E-state index contributed by atoms with van der Waals surface area (Å²) in [6.07, 6.45) is 0. The van der Waals surface area contributed by atoms with Crippen molar-refractivity contribution in [3.05, 3.63) is 0 Å². The zero-order chi connectivity index (χ0) is 31.5. The number of thioether (sulfide) groups is 12. The number of rotatable bonds is 35. The largest absolute Gasteiger partial charge is 0.464 e. The van der Waals surface area contributed by atoms with Crippen molar-refractivity contribution in [2.75, 3.05) is 113 Å². The van der Waals surface area contributed by atoms with E-state index in [1.807, 2.05) is 23.5 Å².